The Morgan fingerprint density at radius 1 is 1.39 bits per heavy atom. The number of aliphatic hydroxyl groups is 1. The van der Waals surface area contributed by atoms with Crippen LogP contribution in [-0.2, 0) is 13.0 Å². The molecule has 1 aliphatic rings. The number of nitrogens with one attached hydrogen (secondary N) is 1. The minimum atomic E-state index is -0.364. The van der Waals surface area contributed by atoms with Gasteiger partial charge in [-0.15, -0.1) is 11.6 Å². The number of halogens is 1. The van der Waals surface area contributed by atoms with Crippen molar-refractivity contribution in [3.8, 4) is 0 Å². The molecular weight excluding hydrogens is 248 g/mol. The van der Waals surface area contributed by atoms with Gasteiger partial charge in [-0.25, -0.2) is 0 Å². The molecule has 1 aromatic rings. The zero-order valence-electron chi connectivity index (χ0n) is 10.8. The van der Waals surface area contributed by atoms with E-state index in [1.54, 1.807) is 0 Å². The van der Waals surface area contributed by atoms with E-state index >= 15 is 0 Å². The second kappa shape index (κ2) is 6.53. The molecule has 0 saturated carbocycles. The lowest BCUT2D eigenvalue weighted by Gasteiger charge is -2.30. The lowest BCUT2D eigenvalue weighted by molar-refractivity contribution is 0.104. The Bertz CT molecular complexity index is 384. The van der Waals surface area contributed by atoms with Gasteiger partial charge in [0.15, 0.2) is 0 Å². The van der Waals surface area contributed by atoms with Gasteiger partial charge in [-0.1, -0.05) is 24.3 Å². The van der Waals surface area contributed by atoms with Crippen molar-refractivity contribution >= 4 is 11.6 Å². The lowest BCUT2D eigenvalue weighted by Crippen LogP contribution is -2.41. The monoisotopic (exact) mass is 268 g/mol. The smallest absolute Gasteiger partial charge is 0.0797 e. The SMILES string of the molecule is CC(Cl)NCC(O)CN1CCc2ccccc2C1. The van der Waals surface area contributed by atoms with Crippen LogP contribution in [-0.4, -0.2) is 41.2 Å². The first-order chi connectivity index (χ1) is 8.65. The number of nitrogens with zero attached hydrogens (tertiary/aromatic N) is 1. The van der Waals surface area contributed by atoms with E-state index in [1.165, 1.54) is 11.1 Å². The Balaban J connectivity index is 1.82. The van der Waals surface area contributed by atoms with Crippen molar-refractivity contribution in [2.75, 3.05) is 19.6 Å². The van der Waals surface area contributed by atoms with Crippen LogP contribution in [0.4, 0.5) is 0 Å². The van der Waals surface area contributed by atoms with E-state index in [0.717, 1.165) is 19.5 Å². The molecule has 3 nitrogen and oxygen atoms in total. The van der Waals surface area contributed by atoms with E-state index in [2.05, 4.69) is 34.5 Å². The fourth-order valence-electron chi connectivity index (χ4n) is 2.37. The van der Waals surface area contributed by atoms with Crippen LogP contribution in [0.5, 0.6) is 0 Å². The van der Waals surface area contributed by atoms with E-state index in [1.807, 2.05) is 6.92 Å². The largest absolute Gasteiger partial charge is 0.390 e. The molecule has 0 amide bonds. The molecule has 2 N–H and O–H groups in total. The molecule has 2 rings (SSSR count). The molecule has 0 radical (unpaired) electrons. The maximum Gasteiger partial charge on any atom is 0.0797 e. The zero-order valence-corrected chi connectivity index (χ0v) is 11.5. The summed E-state index contributed by atoms with van der Waals surface area (Å²) < 4.78 is 0. The van der Waals surface area contributed by atoms with Gasteiger partial charge < -0.3 is 5.11 Å². The average molecular weight is 269 g/mol. The van der Waals surface area contributed by atoms with Crippen molar-refractivity contribution in [3.63, 3.8) is 0 Å². The molecule has 1 aliphatic heterocycles. The summed E-state index contributed by atoms with van der Waals surface area (Å²) in [4.78, 5) is 2.30. The van der Waals surface area contributed by atoms with Crippen molar-refractivity contribution in [2.45, 2.75) is 31.5 Å². The number of benzene rings is 1. The zero-order chi connectivity index (χ0) is 13.0. The van der Waals surface area contributed by atoms with Gasteiger partial charge >= 0.3 is 0 Å². The standard InChI is InChI=1S/C14H21ClN2O/c1-11(15)16-8-14(18)10-17-7-6-12-4-2-3-5-13(12)9-17/h2-5,11,14,16,18H,6-10H2,1H3. The quantitative estimate of drug-likeness (QED) is 0.629. The van der Waals surface area contributed by atoms with Gasteiger partial charge in [-0.05, 0) is 24.5 Å². The number of hydrogen-bond donors (Lipinski definition) is 2. The third kappa shape index (κ3) is 3.95. The molecule has 2 atom stereocenters. The Morgan fingerprint density at radius 2 is 2.11 bits per heavy atom. The molecule has 0 spiro atoms. The highest BCUT2D eigenvalue weighted by Crippen LogP contribution is 2.18. The highest BCUT2D eigenvalue weighted by Gasteiger charge is 2.18. The third-order valence-electron chi connectivity index (χ3n) is 3.31. The van der Waals surface area contributed by atoms with E-state index in [9.17, 15) is 5.11 Å². The minimum absolute atomic E-state index is 0.0956. The van der Waals surface area contributed by atoms with E-state index in [4.69, 9.17) is 11.6 Å². The Morgan fingerprint density at radius 3 is 2.83 bits per heavy atom. The van der Waals surface area contributed by atoms with Crippen LogP contribution < -0.4 is 5.32 Å². The summed E-state index contributed by atoms with van der Waals surface area (Å²) >= 11 is 5.80. The van der Waals surface area contributed by atoms with Crippen LogP contribution in [0.1, 0.15) is 18.1 Å². The van der Waals surface area contributed by atoms with Crippen molar-refractivity contribution in [1.29, 1.82) is 0 Å². The molecule has 0 aliphatic carbocycles. The molecule has 100 valence electrons. The molecule has 0 aromatic heterocycles. The van der Waals surface area contributed by atoms with Gasteiger partial charge in [0.05, 0.1) is 11.6 Å². The normalized spacial score (nSPS) is 19.3. The second-order valence-electron chi connectivity index (χ2n) is 4.93. The van der Waals surface area contributed by atoms with Gasteiger partial charge in [-0.3, -0.25) is 10.2 Å². The van der Waals surface area contributed by atoms with Gasteiger partial charge in [0, 0.05) is 26.2 Å². The fourth-order valence-corrected chi connectivity index (χ4v) is 2.46. The fraction of sp³-hybridized carbons (Fsp3) is 0.571. The van der Waals surface area contributed by atoms with Crippen LogP contribution >= 0.6 is 11.6 Å². The van der Waals surface area contributed by atoms with Crippen LogP contribution in [0, 0.1) is 0 Å². The van der Waals surface area contributed by atoms with Crippen molar-refractivity contribution in [2.24, 2.45) is 0 Å². The molecule has 18 heavy (non-hydrogen) atoms. The third-order valence-corrected chi connectivity index (χ3v) is 3.47. The molecule has 0 bridgehead atoms. The average Bonchev–Trinajstić information content (AvgIpc) is 2.36. The Kier molecular flexibility index (Phi) is 5.01. The first kappa shape index (κ1) is 13.8. The van der Waals surface area contributed by atoms with Crippen LogP contribution in [0.2, 0.25) is 0 Å². The molecule has 0 saturated heterocycles. The van der Waals surface area contributed by atoms with E-state index in [-0.39, 0.29) is 11.6 Å². The van der Waals surface area contributed by atoms with Crippen molar-refractivity contribution in [1.82, 2.24) is 10.2 Å². The molecule has 0 fully saturated rings. The predicted molar refractivity (Wildman–Crippen MR) is 74.7 cm³/mol. The number of rotatable bonds is 5. The summed E-state index contributed by atoms with van der Waals surface area (Å²) in [6.45, 7) is 5.06. The number of alkyl halides is 1. The van der Waals surface area contributed by atoms with Gasteiger partial charge in [0.1, 0.15) is 0 Å². The number of hydrogen-bond acceptors (Lipinski definition) is 3. The Labute approximate surface area is 114 Å². The maximum absolute atomic E-state index is 9.94. The molecule has 1 heterocycles. The number of aliphatic hydroxyl groups excluding tert-OH is 1. The summed E-state index contributed by atoms with van der Waals surface area (Å²) in [5.41, 5.74) is 2.73. The minimum Gasteiger partial charge on any atom is -0.390 e. The molecule has 1 aromatic carbocycles. The van der Waals surface area contributed by atoms with Gasteiger partial charge in [-0.2, -0.15) is 0 Å². The predicted octanol–water partition coefficient (Wildman–Crippen LogP) is 1.58. The highest BCUT2D eigenvalue weighted by molar-refractivity contribution is 6.20. The lowest BCUT2D eigenvalue weighted by atomic mass is 10.00. The van der Waals surface area contributed by atoms with E-state index in [0.29, 0.717) is 13.1 Å². The summed E-state index contributed by atoms with van der Waals surface area (Å²) in [7, 11) is 0. The van der Waals surface area contributed by atoms with Crippen molar-refractivity contribution < 1.29 is 5.11 Å². The van der Waals surface area contributed by atoms with Crippen LogP contribution in [0.25, 0.3) is 0 Å². The van der Waals surface area contributed by atoms with Gasteiger partial charge in [0.25, 0.3) is 0 Å². The first-order valence-electron chi connectivity index (χ1n) is 6.50. The highest BCUT2D eigenvalue weighted by atomic mass is 35.5. The van der Waals surface area contributed by atoms with E-state index < -0.39 is 0 Å². The molecule has 2 unspecified atom stereocenters. The van der Waals surface area contributed by atoms with Gasteiger partial charge in [0.2, 0.25) is 0 Å². The number of fused-ring (bicyclic) bond motifs is 1. The number of β-amino-alcohol motifs (C(OH)–C–C–N with tert-alkyl or cyclic N) is 1. The summed E-state index contributed by atoms with van der Waals surface area (Å²) in [6, 6.07) is 8.54. The summed E-state index contributed by atoms with van der Waals surface area (Å²) in [5, 5.41) is 13.0. The van der Waals surface area contributed by atoms with Crippen molar-refractivity contribution in [3.05, 3.63) is 35.4 Å². The summed E-state index contributed by atoms with van der Waals surface area (Å²) in [6.07, 6.45) is 0.707. The topological polar surface area (TPSA) is 35.5 Å². The maximum atomic E-state index is 9.94. The summed E-state index contributed by atoms with van der Waals surface area (Å²) in [5.74, 6) is 0. The molecule has 4 heteroatoms. The first-order valence-corrected chi connectivity index (χ1v) is 6.93. The second-order valence-corrected chi connectivity index (χ2v) is 5.59. The molecular formula is C14H21ClN2O. The Hall–Kier alpha value is -0.610. The van der Waals surface area contributed by atoms with Crippen LogP contribution in [0.15, 0.2) is 24.3 Å². The van der Waals surface area contributed by atoms with Crippen LogP contribution in [0.3, 0.4) is 0 Å².